The molecule has 1 aromatic heterocycles. The van der Waals surface area contributed by atoms with Crippen molar-refractivity contribution in [3.63, 3.8) is 0 Å². The first-order chi connectivity index (χ1) is 11.1. The number of hydrogen-bond donors (Lipinski definition) is 0. The van der Waals surface area contributed by atoms with Crippen LogP contribution in [0.5, 0.6) is 0 Å². The number of rotatable bonds is 4. The number of nitrogens with zero attached hydrogens (tertiary/aromatic N) is 3. The summed E-state index contributed by atoms with van der Waals surface area (Å²) in [4.78, 5) is 16.9. The summed E-state index contributed by atoms with van der Waals surface area (Å²) in [5.74, 6) is 0. The van der Waals surface area contributed by atoms with E-state index in [2.05, 4.69) is 41.1 Å². The van der Waals surface area contributed by atoms with Crippen molar-refractivity contribution in [2.45, 2.75) is 13.5 Å². The lowest BCUT2D eigenvalue weighted by Gasteiger charge is -2.21. The molecule has 0 bridgehead atoms. The summed E-state index contributed by atoms with van der Waals surface area (Å²) in [6.45, 7) is 2.79. The zero-order valence-corrected chi connectivity index (χ0v) is 13.1. The van der Waals surface area contributed by atoms with Crippen LogP contribution in [0.2, 0.25) is 0 Å². The lowest BCUT2D eigenvalue weighted by molar-refractivity contribution is -0.383. The molecular formula is C18H17N3O2. The normalized spacial score (nSPS) is 10.7. The van der Waals surface area contributed by atoms with Crippen LogP contribution in [0.25, 0.3) is 10.8 Å². The minimum absolute atomic E-state index is 0.0839. The molecule has 5 nitrogen and oxygen atoms in total. The topological polar surface area (TPSA) is 59.3 Å². The highest BCUT2D eigenvalue weighted by atomic mass is 16.6. The van der Waals surface area contributed by atoms with Gasteiger partial charge in [-0.1, -0.05) is 29.8 Å². The quantitative estimate of drug-likeness (QED) is 0.538. The third kappa shape index (κ3) is 2.99. The number of aromatic nitrogens is 1. The zero-order valence-electron chi connectivity index (χ0n) is 13.1. The van der Waals surface area contributed by atoms with Crippen LogP contribution in [0.4, 0.5) is 11.4 Å². The average molecular weight is 307 g/mol. The molecule has 0 saturated carbocycles. The molecule has 0 aliphatic heterocycles. The van der Waals surface area contributed by atoms with Crippen molar-refractivity contribution in [1.29, 1.82) is 0 Å². The molecule has 0 aliphatic carbocycles. The van der Waals surface area contributed by atoms with Crippen molar-refractivity contribution < 1.29 is 4.92 Å². The van der Waals surface area contributed by atoms with Gasteiger partial charge in [0.15, 0.2) is 0 Å². The van der Waals surface area contributed by atoms with E-state index in [0.717, 1.165) is 17.6 Å². The molecule has 2 aromatic carbocycles. The predicted molar refractivity (Wildman–Crippen MR) is 91.7 cm³/mol. The van der Waals surface area contributed by atoms with Gasteiger partial charge in [0.05, 0.1) is 10.3 Å². The van der Waals surface area contributed by atoms with Crippen LogP contribution in [0.15, 0.2) is 54.9 Å². The summed E-state index contributed by atoms with van der Waals surface area (Å²) in [5, 5.41) is 12.6. The largest absolute Gasteiger partial charge is 0.370 e. The van der Waals surface area contributed by atoms with E-state index >= 15 is 0 Å². The van der Waals surface area contributed by atoms with Gasteiger partial charge >= 0.3 is 0 Å². The van der Waals surface area contributed by atoms with Gasteiger partial charge in [-0.3, -0.25) is 15.1 Å². The van der Waals surface area contributed by atoms with E-state index in [1.54, 1.807) is 24.5 Å². The Morgan fingerprint density at radius 1 is 1.09 bits per heavy atom. The molecule has 0 N–H and O–H groups in total. The molecule has 23 heavy (non-hydrogen) atoms. The number of benzene rings is 2. The first-order valence-electron chi connectivity index (χ1n) is 7.34. The molecule has 1 heterocycles. The first-order valence-corrected chi connectivity index (χ1v) is 7.34. The monoisotopic (exact) mass is 307 g/mol. The van der Waals surface area contributed by atoms with Gasteiger partial charge in [0, 0.05) is 43.1 Å². The van der Waals surface area contributed by atoms with E-state index in [1.807, 2.05) is 13.1 Å². The van der Waals surface area contributed by atoms with E-state index in [-0.39, 0.29) is 10.6 Å². The lowest BCUT2D eigenvalue weighted by Crippen LogP contribution is -2.16. The number of hydrogen-bond acceptors (Lipinski definition) is 4. The highest BCUT2D eigenvalue weighted by molar-refractivity contribution is 5.99. The Morgan fingerprint density at radius 3 is 2.52 bits per heavy atom. The van der Waals surface area contributed by atoms with Gasteiger partial charge in [-0.25, -0.2) is 0 Å². The molecular weight excluding hydrogens is 290 g/mol. The van der Waals surface area contributed by atoms with Crippen LogP contribution in [0.1, 0.15) is 11.1 Å². The Balaban J connectivity index is 2.00. The number of anilines is 1. The lowest BCUT2D eigenvalue weighted by atomic mass is 10.1. The number of non-ortho nitro benzene ring substituents is 1. The van der Waals surface area contributed by atoms with E-state index in [1.165, 1.54) is 11.1 Å². The van der Waals surface area contributed by atoms with Crippen LogP contribution < -0.4 is 4.90 Å². The first kappa shape index (κ1) is 15.0. The highest BCUT2D eigenvalue weighted by Gasteiger charge is 2.16. The maximum Gasteiger partial charge on any atom is 0.278 e. The van der Waals surface area contributed by atoms with E-state index < -0.39 is 0 Å². The number of pyridine rings is 1. The average Bonchev–Trinajstić information content (AvgIpc) is 2.55. The molecule has 5 heteroatoms. The minimum atomic E-state index is -0.367. The van der Waals surface area contributed by atoms with Crippen LogP contribution in [-0.2, 0) is 6.54 Å². The Labute approximate surface area is 134 Å². The molecule has 0 saturated heterocycles. The van der Waals surface area contributed by atoms with Gasteiger partial charge in [-0.15, -0.1) is 0 Å². The van der Waals surface area contributed by atoms with Crippen molar-refractivity contribution >= 4 is 22.1 Å². The van der Waals surface area contributed by atoms with E-state index in [4.69, 9.17) is 0 Å². The molecule has 3 rings (SSSR count). The van der Waals surface area contributed by atoms with Crippen molar-refractivity contribution in [3.8, 4) is 0 Å². The maximum absolute atomic E-state index is 11.2. The van der Waals surface area contributed by atoms with Crippen molar-refractivity contribution in [2.24, 2.45) is 0 Å². The van der Waals surface area contributed by atoms with Crippen LogP contribution in [0, 0.1) is 17.0 Å². The van der Waals surface area contributed by atoms with Gasteiger partial charge in [-0.2, -0.15) is 0 Å². The second-order valence-electron chi connectivity index (χ2n) is 5.62. The molecule has 0 aliphatic rings. The summed E-state index contributed by atoms with van der Waals surface area (Å²) < 4.78 is 0. The Kier molecular flexibility index (Phi) is 3.93. The molecule has 116 valence electrons. The van der Waals surface area contributed by atoms with Gasteiger partial charge in [0.2, 0.25) is 0 Å². The summed E-state index contributed by atoms with van der Waals surface area (Å²) in [6, 6.07) is 13.5. The van der Waals surface area contributed by atoms with E-state index in [0.29, 0.717) is 5.39 Å². The molecule has 0 atom stereocenters. The van der Waals surface area contributed by atoms with Crippen LogP contribution in [-0.4, -0.2) is 17.0 Å². The van der Waals surface area contributed by atoms with Crippen LogP contribution in [0.3, 0.4) is 0 Å². The zero-order chi connectivity index (χ0) is 16.4. The van der Waals surface area contributed by atoms with Crippen molar-refractivity contribution in [2.75, 3.05) is 11.9 Å². The fourth-order valence-electron chi connectivity index (χ4n) is 2.70. The van der Waals surface area contributed by atoms with Gasteiger partial charge in [0.1, 0.15) is 0 Å². The van der Waals surface area contributed by atoms with Gasteiger partial charge < -0.3 is 4.90 Å². The fraction of sp³-hybridized carbons (Fsp3) is 0.167. The maximum atomic E-state index is 11.2. The number of fused-ring (bicyclic) bond motifs is 1. The second kappa shape index (κ2) is 6.04. The number of nitro benzene ring substituents is 1. The second-order valence-corrected chi connectivity index (χ2v) is 5.62. The molecule has 0 radical (unpaired) electrons. The molecule has 0 fully saturated rings. The third-order valence-electron chi connectivity index (χ3n) is 3.92. The molecule has 0 amide bonds. The van der Waals surface area contributed by atoms with Gasteiger partial charge in [0.25, 0.3) is 5.69 Å². The predicted octanol–water partition coefficient (Wildman–Crippen LogP) is 4.09. The molecule has 0 spiro atoms. The Bertz CT molecular complexity index is 860. The minimum Gasteiger partial charge on any atom is -0.370 e. The fourth-order valence-corrected chi connectivity index (χ4v) is 2.70. The van der Waals surface area contributed by atoms with Gasteiger partial charge in [-0.05, 0) is 24.6 Å². The highest BCUT2D eigenvalue weighted by Crippen LogP contribution is 2.32. The smallest absolute Gasteiger partial charge is 0.278 e. The number of aryl methyl sites for hydroxylation is 1. The summed E-state index contributed by atoms with van der Waals surface area (Å²) in [6.07, 6.45) is 3.21. The molecule has 0 unspecified atom stereocenters. The Hall–Kier alpha value is -2.95. The van der Waals surface area contributed by atoms with Crippen LogP contribution >= 0.6 is 0 Å². The third-order valence-corrected chi connectivity index (χ3v) is 3.92. The summed E-state index contributed by atoms with van der Waals surface area (Å²) in [7, 11) is 1.99. The SMILES string of the molecule is Cc1ccc(CN(C)c2ccc([N+](=O)[O-])c3cnccc23)cc1. The standard InChI is InChI=1S/C18H17N3O2/c1-13-3-5-14(6-4-13)12-20(2)17-7-8-18(21(22)23)16-11-19-10-9-15(16)17/h3-11H,12H2,1-2H3. The molecule has 3 aromatic rings. The van der Waals surface area contributed by atoms with Crippen molar-refractivity contribution in [3.05, 3.63) is 76.1 Å². The summed E-state index contributed by atoms with van der Waals surface area (Å²) in [5.41, 5.74) is 3.45. The van der Waals surface area contributed by atoms with Crippen molar-refractivity contribution in [1.82, 2.24) is 4.98 Å². The number of nitro groups is 1. The summed E-state index contributed by atoms with van der Waals surface area (Å²) >= 11 is 0. The van der Waals surface area contributed by atoms with E-state index in [9.17, 15) is 10.1 Å². The Morgan fingerprint density at radius 2 is 1.83 bits per heavy atom.